The van der Waals surface area contributed by atoms with E-state index >= 15 is 0 Å². The molecule has 128 valence electrons. The molecule has 0 bridgehead atoms. The molecule has 0 radical (unpaired) electrons. The van der Waals surface area contributed by atoms with E-state index in [1.165, 1.54) is 7.11 Å². The minimum Gasteiger partial charge on any atom is -0.481 e. The van der Waals surface area contributed by atoms with Crippen LogP contribution in [-0.4, -0.2) is 31.5 Å². The number of anilines is 2. The summed E-state index contributed by atoms with van der Waals surface area (Å²) >= 11 is 0. The highest BCUT2D eigenvalue weighted by molar-refractivity contribution is 7.91. The summed E-state index contributed by atoms with van der Waals surface area (Å²) < 4.78 is 33.0. The molecule has 0 saturated heterocycles. The highest BCUT2D eigenvalue weighted by atomic mass is 32.2. The van der Waals surface area contributed by atoms with Crippen LogP contribution in [0.4, 0.5) is 16.4 Å². The summed E-state index contributed by atoms with van der Waals surface area (Å²) in [6.45, 7) is 3.43. The van der Waals surface area contributed by atoms with Crippen molar-refractivity contribution in [3.8, 4) is 5.88 Å². The van der Waals surface area contributed by atoms with Gasteiger partial charge < -0.3 is 4.74 Å². The molecule has 2 aromatic rings. The molecular weight excluding hydrogens is 334 g/mol. The molecule has 0 saturated carbocycles. The lowest BCUT2D eigenvalue weighted by atomic mass is 10.2. The van der Waals surface area contributed by atoms with Crippen LogP contribution in [0.3, 0.4) is 0 Å². The van der Waals surface area contributed by atoms with Gasteiger partial charge >= 0.3 is 16.2 Å². The summed E-state index contributed by atoms with van der Waals surface area (Å²) in [5.41, 5.74) is 1.64. The van der Waals surface area contributed by atoms with Gasteiger partial charge in [-0.25, -0.2) is 14.5 Å². The van der Waals surface area contributed by atoms with Crippen molar-refractivity contribution < 1.29 is 17.9 Å². The van der Waals surface area contributed by atoms with Crippen molar-refractivity contribution in [3.05, 3.63) is 41.6 Å². The minimum absolute atomic E-state index is 0.0737. The van der Waals surface area contributed by atoms with E-state index in [-0.39, 0.29) is 11.8 Å². The molecule has 1 aromatic carbocycles. The number of methoxy groups -OCH3 is 1. The number of aryl methyl sites for hydroxylation is 2. The summed E-state index contributed by atoms with van der Waals surface area (Å²) in [5, 5.41) is 2.24. The Kier molecular flexibility index (Phi) is 5.19. The molecule has 0 unspecified atom stereocenters. The molecule has 0 aliphatic carbocycles. The zero-order chi connectivity index (χ0) is 17.7. The van der Waals surface area contributed by atoms with E-state index in [0.717, 1.165) is 5.56 Å². The fourth-order valence-electron chi connectivity index (χ4n) is 1.81. The number of benzene rings is 1. The third-order valence-corrected chi connectivity index (χ3v) is 3.82. The Morgan fingerprint density at radius 2 is 1.88 bits per heavy atom. The second-order valence-electron chi connectivity index (χ2n) is 4.85. The lowest BCUT2D eigenvalue weighted by molar-refractivity contribution is 0.256. The first-order valence-corrected chi connectivity index (χ1v) is 8.34. The molecule has 1 heterocycles. The van der Waals surface area contributed by atoms with E-state index in [1.54, 1.807) is 44.2 Å². The molecule has 0 atom stereocenters. The predicted octanol–water partition coefficient (Wildman–Crippen LogP) is 1.58. The van der Waals surface area contributed by atoms with Crippen LogP contribution in [-0.2, 0) is 10.2 Å². The highest BCUT2D eigenvalue weighted by Crippen LogP contribution is 2.14. The summed E-state index contributed by atoms with van der Waals surface area (Å²) in [6.07, 6.45) is 0. The number of para-hydroxylation sites is 1. The number of hydrogen-bond acceptors (Lipinski definition) is 6. The third-order valence-electron chi connectivity index (χ3n) is 2.88. The average molecular weight is 351 g/mol. The van der Waals surface area contributed by atoms with E-state index in [4.69, 9.17) is 4.74 Å². The number of urea groups is 1. The molecule has 24 heavy (non-hydrogen) atoms. The van der Waals surface area contributed by atoms with Gasteiger partial charge in [0.15, 0.2) is 0 Å². The standard InChI is InChI=1S/C14H17N5O4S/c1-9-6-4-5-7-11(9)18-24(21,22)19-14(20)17-13-15-10(2)8-12(16-13)23-3/h4-8,18H,1-3H3,(H2,15,16,17,19,20). The smallest absolute Gasteiger partial charge is 0.336 e. The molecule has 9 nitrogen and oxygen atoms in total. The monoisotopic (exact) mass is 351 g/mol. The Labute approximate surface area is 139 Å². The Morgan fingerprint density at radius 3 is 2.54 bits per heavy atom. The molecule has 0 spiro atoms. The third kappa shape index (κ3) is 4.81. The van der Waals surface area contributed by atoms with Crippen molar-refractivity contribution in [3.63, 3.8) is 0 Å². The largest absolute Gasteiger partial charge is 0.481 e. The predicted molar refractivity (Wildman–Crippen MR) is 89.2 cm³/mol. The van der Waals surface area contributed by atoms with E-state index in [2.05, 4.69) is 20.0 Å². The Bertz CT molecular complexity index is 854. The summed E-state index contributed by atoms with van der Waals surface area (Å²) in [4.78, 5) is 19.7. The molecule has 1 aromatic heterocycles. The molecule has 2 rings (SSSR count). The molecular formula is C14H17N5O4S. The SMILES string of the molecule is COc1cc(C)nc(NC(=O)NS(=O)(=O)Nc2ccccc2C)n1. The first-order valence-electron chi connectivity index (χ1n) is 6.86. The summed E-state index contributed by atoms with van der Waals surface area (Å²) in [7, 11) is -2.68. The van der Waals surface area contributed by atoms with Crippen LogP contribution in [0.25, 0.3) is 0 Å². The zero-order valence-corrected chi connectivity index (χ0v) is 14.1. The normalized spacial score (nSPS) is 10.8. The number of nitrogens with one attached hydrogen (secondary N) is 3. The van der Waals surface area contributed by atoms with Crippen LogP contribution in [0.2, 0.25) is 0 Å². The van der Waals surface area contributed by atoms with Crippen LogP contribution in [0.5, 0.6) is 5.88 Å². The molecule has 10 heteroatoms. The zero-order valence-electron chi connectivity index (χ0n) is 13.3. The maximum absolute atomic E-state index is 12.0. The molecule has 0 fully saturated rings. The van der Waals surface area contributed by atoms with Crippen molar-refractivity contribution in [2.24, 2.45) is 0 Å². The molecule has 0 aliphatic rings. The van der Waals surface area contributed by atoms with E-state index < -0.39 is 16.2 Å². The van der Waals surface area contributed by atoms with Gasteiger partial charge in [0.25, 0.3) is 0 Å². The van der Waals surface area contributed by atoms with Crippen LogP contribution in [0, 0.1) is 13.8 Å². The van der Waals surface area contributed by atoms with Gasteiger partial charge in [-0.15, -0.1) is 0 Å². The van der Waals surface area contributed by atoms with Gasteiger partial charge in [-0.2, -0.15) is 13.4 Å². The first-order chi connectivity index (χ1) is 11.3. The fourth-order valence-corrected chi connectivity index (χ4v) is 2.67. The van der Waals surface area contributed by atoms with E-state index in [9.17, 15) is 13.2 Å². The molecule has 2 amide bonds. The Morgan fingerprint density at radius 1 is 1.17 bits per heavy atom. The van der Waals surface area contributed by atoms with Crippen molar-refractivity contribution in [1.82, 2.24) is 14.7 Å². The van der Waals surface area contributed by atoms with Gasteiger partial charge in [0.05, 0.1) is 12.8 Å². The first kappa shape index (κ1) is 17.5. The number of aromatic nitrogens is 2. The van der Waals surface area contributed by atoms with E-state index in [1.807, 2.05) is 4.72 Å². The van der Waals surface area contributed by atoms with Crippen molar-refractivity contribution in [2.45, 2.75) is 13.8 Å². The topological polar surface area (TPSA) is 122 Å². The number of nitrogens with zero attached hydrogens (tertiary/aromatic N) is 2. The second kappa shape index (κ2) is 7.13. The van der Waals surface area contributed by atoms with Crippen LogP contribution in [0.1, 0.15) is 11.3 Å². The van der Waals surface area contributed by atoms with Crippen LogP contribution < -0.4 is 19.5 Å². The van der Waals surface area contributed by atoms with E-state index in [0.29, 0.717) is 11.4 Å². The number of amides is 2. The highest BCUT2D eigenvalue weighted by Gasteiger charge is 2.16. The molecule has 3 N–H and O–H groups in total. The molecule has 0 aliphatic heterocycles. The lowest BCUT2D eigenvalue weighted by Crippen LogP contribution is -2.38. The van der Waals surface area contributed by atoms with Gasteiger partial charge in [0, 0.05) is 11.8 Å². The number of rotatable bonds is 5. The number of ether oxygens (including phenoxy) is 1. The van der Waals surface area contributed by atoms with Gasteiger partial charge in [0.1, 0.15) is 0 Å². The maximum Gasteiger partial charge on any atom is 0.336 e. The number of carbonyl (C=O) groups excluding carboxylic acids is 1. The fraction of sp³-hybridized carbons (Fsp3) is 0.214. The van der Waals surface area contributed by atoms with Crippen molar-refractivity contribution in [2.75, 3.05) is 17.1 Å². The van der Waals surface area contributed by atoms with Crippen molar-refractivity contribution >= 4 is 27.9 Å². The quantitative estimate of drug-likeness (QED) is 0.752. The maximum atomic E-state index is 12.0. The second-order valence-corrected chi connectivity index (χ2v) is 6.27. The van der Waals surface area contributed by atoms with Gasteiger partial charge in [-0.05, 0) is 25.5 Å². The Hall–Kier alpha value is -2.88. The van der Waals surface area contributed by atoms with Gasteiger partial charge in [0.2, 0.25) is 11.8 Å². The average Bonchev–Trinajstić information content (AvgIpc) is 2.48. The lowest BCUT2D eigenvalue weighted by Gasteiger charge is -2.12. The summed E-state index contributed by atoms with van der Waals surface area (Å²) in [6, 6.07) is 7.35. The van der Waals surface area contributed by atoms with Gasteiger partial charge in [-0.3, -0.25) is 10.0 Å². The Balaban J connectivity index is 2.06. The van der Waals surface area contributed by atoms with Crippen LogP contribution >= 0.6 is 0 Å². The van der Waals surface area contributed by atoms with Crippen LogP contribution in [0.15, 0.2) is 30.3 Å². The number of carbonyl (C=O) groups is 1. The van der Waals surface area contributed by atoms with Gasteiger partial charge in [-0.1, -0.05) is 18.2 Å². The summed E-state index contributed by atoms with van der Waals surface area (Å²) in [5.74, 6) is 0.175. The van der Waals surface area contributed by atoms with Crippen molar-refractivity contribution in [1.29, 1.82) is 0 Å². The number of hydrogen-bond donors (Lipinski definition) is 3. The minimum atomic E-state index is -4.10.